The van der Waals surface area contributed by atoms with Crippen LogP contribution in [-0.4, -0.2) is 37.4 Å². The molecular formula is C18H21ClN4O3S. The standard InChI is InChI=1S/C18H20N4O3S.ClH/c19-14-5-6-15-12(10-14)2-1-3-16(15)20-18(23)13-4-7-17-21-26(24,25)9-8-22(17)11-13;/h4-7,10-11,16H,1-3,8-9,19H2,(H,20,23);1H. The van der Waals surface area contributed by atoms with Crippen molar-refractivity contribution in [3.63, 3.8) is 0 Å². The van der Waals surface area contributed by atoms with E-state index < -0.39 is 10.0 Å². The van der Waals surface area contributed by atoms with Gasteiger partial charge in [-0.1, -0.05) is 6.07 Å². The van der Waals surface area contributed by atoms with Gasteiger partial charge in [0.25, 0.3) is 15.9 Å². The Hall–Kier alpha value is -2.32. The summed E-state index contributed by atoms with van der Waals surface area (Å²) >= 11 is 0. The van der Waals surface area contributed by atoms with Gasteiger partial charge in [-0.15, -0.1) is 16.8 Å². The molecule has 1 amide bonds. The summed E-state index contributed by atoms with van der Waals surface area (Å²) in [5, 5.41) is 3.09. The van der Waals surface area contributed by atoms with E-state index in [9.17, 15) is 13.2 Å². The van der Waals surface area contributed by atoms with Gasteiger partial charge in [0.15, 0.2) is 0 Å². The molecule has 144 valence electrons. The molecule has 0 saturated carbocycles. The number of hydrogen-bond donors (Lipinski definition) is 2. The smallest absolute Gasteiger partial charge is 0.256 e. The number of nitrogens with two attached hydrogens (primary N) is 1. The highest BCUT2D eigenvalue weighted by atomic mass is 35.5. The summed E-state index contributed by atoms with van der Waals surface area (Å²) in [6, 6.07) is 5.78. The minimum atomic E-state index is -3.40. The van der Waals surface area contributed by atoms with Crippen LogP contribution in [0.2, 0.25) is 0 Å². The van der Waals surface area contributed by atoms with Crippen molar-refractivity contribution >= 4 is 39.9 Å². The topological polar surface area (TPSA) is 105 Å². The van der Waals surface area contributed by atoms with Crippen LogP contribution >= 0.6 is 12.4 Å². The van der Waals surface area contributed by atoms with E-state index in [1.54, 1.807) is 23.3 Å². The van der Waals surface area contributed by atoms with Crippen molar-refractivity contribution < 1.29 is 13.2 Å². The van der Waals surface area contributed by atoms with Crippen LogP contribution in [0.4, 0.5) is 5.69 Å². The quantitative estimate of drug-likeness (QED) is 0.724. The second kappa shape index (κ2) is 7.36. The Labute approximate surface area is 164 Å². The van der Waals surface area contributed by atoms with Crippen LogP contribution in [0, 0.1) is 0 Å². The number of anilines is 1. The summed E-state index contributed by atoms with van der Waals surface area (Å²) in [5.41, 5.74) is 9.39. The van der Waals surface area contributed by atoms with E-state index in [1.807, 2.05) is 18.2 Å². The van der Waals surface area contributed by atoms with Crippen molar-refractivity contribution in [2.45, 2.75) is 25.3 Å². The van der Waals surface area contributed by atoms with Gasteiger partial charge in [0, 0.05) is 18.4 Å². The maximum absolute atomic E-state index is 12.7. The SMILES string of the molecule is Cl.Nc1ccc2c(c1)CCCC2NC(=O)C1=CN2CCS(=O)(=O)N=C2C=C1. The van der Waals surface area contributed by atoms with Crippen LogP contribution in [0.1, 0.15) is 30.0 Å². The Morgan fingerprint density at radius 1 is 1.30 bits per heavy atom. The molecule has 0 radical (unpaired) electrons. The molecule has 1 aromatic carbocycles. The number of carbonyl (C=O) groups is 1. The Bertz CT molecular complexity index is 969. The lowest BCUT2D eigenvalue weighted by Gasteiger charge is -2.29. The molecule has 3 N–H and O–H groups in total. The van der Waals surface area contributed by atoms with Gasteiger partial charge in [-0.05, 0) is 54.7 Å². The zero-order valence-electron chi connectivity index (χ0n) is 14.6. The first kappa shape index (κ1) is 19.4. The zero-order valence-corrected chi connectivity index (χ0v) is 16.2. The molecule has 4 rings (SSSR count). The van der Waals surface area contributed by atoms with Crippen molar-refractivity contribution in [3.05, 3.63) is 53.3 Å². The predicted octanol–water partition coefficient (Wildman–Crippen LogP) is 1.68. The number of nitrogen functional groups attached to an aromatic ring is 1. The molecular weight excluding hydrogens is 388 g/mol. The Balaban J connectivity index is 0.00000210. The van der Waals surface area contributed by atoms with Crippen LogP contribution in [0.15, 0.2) is 46.5 Å². The summed E-state index contributed by atoms with van der Waals surface area (Å²) in [5.74, 6) is 0.127. The molecule has 0 aromatic heterocycles. The number of halogens is 1. The van der Waals surface area contributed by atoms with Crippen molar-refractivity contribution in [2.75, 3.05) is 18.0 Å². The average molecular weight is 409 g/mol. The minimum Gasteiger partial charge on any atom is -0.399 e. The number of amidine groups is 1. The number of fused-ring (bicyclic) bond motifs is 2. The lowest BCUT2D eigenvalue weighted by atomic mass is 9.87. The second-order valence-corrected chi connectivity index (χ2v) is 8.48. The van der Waals surface area contributed by atoms with E-state index in [4.69, 9.17) is 5.73 Å². The molecule has 0 spiro atoms. The van der Waals surface area contributed by atoms with Gasteiger partial charge in [-0.3, -0.25) is 4.79 Å². The number of rotatable bonds is 2. The number of carbonyl (C=O) groups excluding carboxylic acids is 1. The monoisotopic (exact) mass is 408 g/mol. The third-order valence-corrected chi connectivity index (χ3v) is 6.04. The molecule has 1 aliphatic carbocycles. The number of aryl methyl sites for hydroxylation is 1. The molecule has 1 atom stereocenters. The third kappa shape index (κ3) is 4.01. The predicted molar refractivity (Wildman–Crippen MR) is 107 cm³/mol. The fraction of sp³-hybridized carbons (Fsp3) is 0.333. The van der Waals surface area contributed by atoms with E-state index in [2.05, 4.69) is 9.71 Å². The molecule has 0 fully saturated rings. The van der Waals surface area contributed by atoms with Crippen LogP contribution in [0.25, 0.3) is 0 Å². The first-order valence-corrected chi connectivity index (χ1v) is 10.2. The maximum atomic E-state index is 12.7. The van der Waals surface area contributed by atoms with Crippen molar-refractivity contribution in [3.8, 4) is 0 Å². The number of amides is 1. The van der Waals surface area contributed by atoms with Crippen LogP contribution in [0.5, 0.6) is 0 Å². The van der Waals surface area contributed by atoms with Gasteiger partial charge < -0.3 is 16.0 Å². The molecule has 7 nitrogen and oxygen atoms in total. The van der Waals surface area contributed by atoms with Crippen LogP contribution in [-0.2, 0) is 21.2 Å². The van der Waals surface area contributed by atoms with E-state index in [0.29, 0.717) is 18.0 Å². The van der Waals surface area contributed by atoms with Crippen molar-refractivity contribution in [2.24, 2.45) is 4.40 Å². The summed E-state index contributed by atoms with van der Waals surface area (Å²) in [7, 11) is -3.40. The molecule has 1 aromatic rings. The highest BCUT2D eigenvalue weighted by Gasteiger charge is 2.27. The molecule has 27 heavy (non-hydrogen) atoms. The minimum absolute atomic E-state index is 0. The first-order valence-electron chi connectivity index (χ1n) is 8.60. The fourth-order valence-corrected chi connectivity index (χ4v) is 4.53. The lowest BCUT2D eigenvalue weighted by molar-refractivity contribution is -0.118. The van der Waals surface area contributed by atoms with Crippen LogP contribution in [0.3, 0.4) is 0 Å². The first-order chi connectivity index (χ1) is 12.4. The normalized spacial score (nSPS) is 22.5. The van der Waals surface area contributed by atoms with Gasteiger partial charge in [-0.2, -0.15) is 0 Å². The molecule has 0 saturated heterocycles. The van der Waals surface area contributed by atoms with E-state index in [0.717, 1.165) is 30.5 Å². The van der Waals surface area contributed by atoms with Gasteiger partial charge in [-0.25, -0.2) is 8.42 Å². The summed E-state index contributed by atoms with van der Waals surface area (Å²) in [6.45, 7) is 0.299. The maximum Gasteiger partial charge on any atom is 0.256 e. The van der Waals surface area contributed by atoms with E-state index >= 15 is 0 Å². The van der Waals surface area contributed by atoms with Gasteiger partial charge in [0.05, 0.1) is 17.4 Å². The molecule has 3 aliphatic rings. The average Bonchev–Trinajstić information content (AvgIpc) is 2.60. The van der Waals surface area contributed by atoms with E-state index in [1.165, 1.54) is 5.56 Å². The molecule has 0 bridgehead atoms. The van der Waals surface area contributed by atoms with Gasteiger partial charge in [0.2, 0.25) is 0 Å². The summed E-state index contributed by atoms with van der Waals surface area (Å²) in [6.07, 6.45) is 7.69. The number of nitrogens with one attached hydrogen (secondary N) is 1. The summed E-state index contributed by atoms with van der Waals surface area (Å²) in [4.78, 5) is 14.4. The highest BCUT2D eigenvalue weighted by molar-refractivity contribution is 7.90. The zero-order chi connectivity index (χ0) is 18.3. The fourth-order valence-electron chi connectivity index (χ4n) is 3.56. The molecule has 2 aliphatic heterocycles. The van der Waals surface area contributed by atoms with Crippen LogP contribution < -0.4 is 11.1 Å². The lowest BCUT2D eigenvalue weighted by Crippen LogP contribution is -2.38. The summed E-state index contributed by atoms with van der Waals surface area (Å²) < 4.78 is 26.9. The van der Waals surface area contributed by atoms with Gasteiger partial charge in [0.1, 0.15) is 5.84 Å². The molecule has 9 heteroatoms. The number of sulfonamides is 1. The highest BCUT2D eigenvalue weighted by Crippen LogP contribution is 2.31. The largest absolute Gasteiger partial charge is 0.399 e. The number of benzene rings is 1. The molecule has 1 unspecified atom stereocenters. The Kier molecular flexibility index (Phi) is 5.30. The van der Waals surface area contributed by atoms with Crippen molar-refractivity contribution in [1.29, 1.82) is 0 Å². The Morgan fingerprint density at radius 3 is 2.93 bits per heavy atom. The third-order valence-electron chi connectivity index (χ3n) is 4.87. The molecule has 2 heterocycles. The number of hydrogen-bond acceptors (Lipinski definition) is 5. The Morgan fingerprint density at radius 2 is 2.11 bits per heavy atom. The van der Waals surface area contributed by atoms with Gasteiger partial charge >= 0.3 is 0 Å². The second-order valence-electron chi connectivity index (χ2n) is 6.72. The van der Waals surface area contributed by atoms with E-state index in [-0.39, 0.29) is 30.1 Å². The number of nitrogens with zero attached hydrogens (tertiary/aromatic N) is 2. The van der Waals surface area contributed by atoms with Crippen molar-refractivity contribution in [1.82, 2.24) is 10.2 Å².